The molecule has 29 heavy (non-hydrogen) atoms. The average molecular weight is 399 g/mol. The van der Waals surface area contributed by atoms with Crippen LogP contribution in [0, 0.1) is 21.4 Å². The van der Waals surface area contributed by atoms with Crippen molar-refractivity contribution in [2.75, 3.05) is 0 Å². The van der Waals surface area contributed by atoms with Crippen molar-refractivity contribution in [1.29, 1.82) is 5.26 Å². The quantitative estimate of drug-likeness (QED) is 0.232. The number of furan rings is 1. The Balaban J connectivity index is 1.59. The van der Waals surface area contributed by atoms with Crippen molar-refractivity contribution in [3.8, 4) is 28.7 Å². The van der Waals surface area contributed by atoms with Gasteiger partial charge in [0, 0.05) is 34.7 Å². The Morgan fingerprint density at radius 1 is 1.07 bits per heavy atom. The van der Waals surface area contributed by atoms with Gasteiger partial charge in [0.25, 0.3) is 5.69 Å². The lowest BCUT2D eigenvalue weighted by atomic mass is 10.1. The maximum Gasteiger partial charge on any atom is 0.269 e. The van der Waals surface area contributed by atoms with Gasteiger partial charge < -0.3 is 4.42 Å². The molecule has 0 aliphatic heterocycles. The van der Waals surface area contributed by atoms with Crippen molar-refractivity contribution in [3.63, 3.8) is 0 Å². The molecule has 0 spiro atoms. The van der Waals surface area contributed by atoms with Crippen molar-refractivity contribution in [1.82, 2.24) is 4.98 Å². The van der Waals surface area contributed by atoms with E-state index in [9.17, 15) is 15.4 Å². The normalized spacial score (nSPS) is 11.2. The van der Waals surface area contributed by atoms with E-state index >= 15 is 0 Å². The summed E-state index contributed by atoms with van der Waals surface area (Å²) in [7, 11) is 0. The molecular weight excluding hydrogens is 386 g/mol. The van der Waals surface area contributed by atoms with E-state index in [0.717, 1.165) is 16.8 Å². The number of hydrogen-bond acceptors (Lipinski definition) is 6. The number of allylic oxidation sites excluding steroid dienone is 1. The van der Waals surface area contributed by atoms with Crippen LogP contribution in [0.5, 0.6) is 0 Å². The Kier molecular flexibility index (Phi) is 5.01. The van der Waals surface area contributed by atoms with Crippen molar-refractivity contribution in [2.45, 2.75) is 0 Å². The SMILES string of the molecule is N#C/C(=C\c1ccc(-c2ccc([N+](=O)[O-])cc2)o1)c1nc(-c2ccccc2)cs1. The van der Waals surface area contributed by atoms with E-state index in [-0.39, 0.29) is 5.69 Å². The van der Waals surface area contributed by atoms with Crippen LogP contribution in [-0.4, -0.2) is 9.91 Å². The zero-order valence-electron chi connectivity index (χ0n) is 15.0. The van der Waals surface area contributed by atoms with Gasteiger partial charge in [0.2, 0.25) is 0 Å². The van der Waals surface area contributed by atoms with Crippen LogP contribution in [0.25, 0.3) is 34.2 Å². The zero-order chi connectivity index (χ0) is 20.2. The highest BCUT2D eigenvalue weighted by atomic mass is 32.1. The molecule has 0 fully saturated rings. The minimum atomic E-state index is -0.447. The van der Waals surface area contributed by atoms with Gasteiger partial charge in [-0.1, -0.05) is 30.3 Å². The van der Waals surface area contributed by atoms with Gasteiger partial charge in [-0.2, -0.15) is 5.26 Å². The zero-order valence-corrected chi connectivity index (χ0v) is 15.8. The highest BCUT2D eigenvalue weighted by Crippen LogP contribution is 2.29. The van der Waals surface area contributed by atoms with E-state index in [4.69, 9.17) is 4.42 Å². The smallest absolute Gasteiger partial charge is 0.269 e. The van der Waals surface area contributed by atoms with E-state index in [2.05, 4.69) is 11.1 Å². The fraction of sp³-hybridized carbons (Fsp3) is 0. The second kappa shape index (κ2) is 7.92. The maximum atomic E-state index is 10.8. The van der Waals surface area contributed by atoms with Gasteiger partial charge in [-0.3, -0.25) is 10.1 Å². The molecule has 0 aliphatic carbocycles. The molecule has 140 valence electrons. The van der Waals surface area contributed by atoms with Crippen molar-refractivity contribution in [2.24, 2.45) is 0 Å². The second-order valence-electron chi connectivity index (χ2n) is 6.08. The van der Waals surface area contributed by atoms with E-state index in [0.29, 0.717) is 22.1 Å². The predicted molar refractivity (Wildman–Crippen MR) is 112 cm³/mol. The van der Waals surface area contributed by atoms with Gasteiger partial charge in [0.1, 0.15) is 22.6 Å². The van der Waals surface area contributed by atoms with Crippen LogP contribution in [0.4, 0.5) is 5.69 Å². The van der Waals surface area contributed by atoms with Gasteiger partial charge in [-0.15, -0.1) is 11.3 Å². The number of benzene rings is 2. The van der Waals surface area contributed by atoms with Gasteiger partial charge in [-0.25, -0.2) is 4.98 Å². The standard InChI is InChI=1S/C22H13N3O3S/c23-13-17(22-24-20(14-29-22)15-4-2-1-3-5-15)12-19-10-11-21(28-19)16-6-8-18(9-7-16)25(26)27/h1-12,14H/b17-12+. The molecule has 0 radical (unpaired) electrons. The van der Waals surface area contributed by atoms with Crippen molar-refractivity contribution in [3.05, 3.63) is 93.0 Å². The third-order valence-corrected chi connectivity index (χ3v) is 5.08. The lowest BCUT2D eigenvalue weighted by molar-refractivity contribution is -0.384. The summed E-state index contributed by atoms with van der Waals surface area (Å²) in [6.07, 6.45) is 1.64. The Morgan fingerprint density at radius 2 is 1.83 bits per heavy atom. The van der Waals surface area contributed by atoms with Crippen LogP contribution >= 0.6 is 11.3 Å². The van der Waals surface area contributed by atoms with Crippen molar-refractivity contribution < 1.29 is 9.34 Å². The molecule has 4 aromatic rings. The van der Waals surface area contributed by atoms with Gasteiger partial charge in [0.15, 0.2) is 0 Å². The Morgan fingerprint density at radius 3 is 2.52 bits per heavy atom. The maximum absolute atomic E-state index is 10.8. The summed E-state index contributed by atoms with van der Waals surface area (Å²) in [6, 6.07) is 21.6. The summed E-state index contributed by atoms with van der Waals surface area (Å²) in [6.45, 7) is 0. The topological polar surface area (TPSA) is 93.0 Å². The number of aromatic nitrogens is 1. The first-order valence-electron chi connectivity index (χ1n) is 8.62. The Hall–Kier alpha value is -4.02. The highest BCUT2D eigenvalue weighted by molar-refractivity contribution is 7.11. The summed E-state index contributed by atoms with van der Waals surface area (Å²) in [4.78, 5) is 14.9. The molecule has 0 N–H and O–H groups in total. The van der Waals surface area contributed by atoms with Crippen LogP contribution in [0.1, 0.15) is 10.8 Å². The minimum absolute atomic E-state index is 0.0187. The first kappa shape index (κ1) is 18.3. The molecule has 6 nitrogen and oxygen atoms in total. The Labute approximate surface area is 170 Å². The number of non-ortho nitro benzene ring substituents is 1. The summed E-state index contributed by atoms with van der Waals surface area (Å²) >= 11 is 1.40. The van der Waals surface area contributed by atoms with E-state index < -0.39 is 4.92 Å². The van der Waals surface area contributed by atoms with Crippen LogP contribution in [0.3, 0.4) is 0 Å². The minimum Gasteiger partial charge on any atom is -0.457 e. The molecule has 0 saturated heterocycles. The molecule has 0 saturated carbocycles. The van der Waals surface area contributed by atoms with E-state index in [1.165, 1.54) is 23.5 Å². The summed E-state index contributed by atoms with van der Waals surface area (Å²) in [5, 5.41) is 22.9. The largest absolute Gasteiger partial charge is 0.457 e. The lowest BCUT2D eigenvalue weighted by Crippen LogP contribution is -1.86. The first-order valence-corrected chi connectivity index (χ1v) is 9.50. The molecule has 4 rings (SSSR count). The van der Waals surface area contributed by atoms with Crippen LogP contribution in [-0.2, 0) is 0 Å². The fourth-order valence-corrected chi connectivity index (χ4v) is 3.55. The number of thiazole rings is 1. The molecule has 7 heteroatoms. The number of nitrogens with zero attached hydrogens (tertiary/aromatic N) is 3. The van der Waals surface area contributed by atoms with Gasteiger partial charge in [0.05, 0.1) is 16.2 Å². The summed E-state index contributed by atoms with van der Waals surface area (Å²) in [5.41, 5.74) is 2.95. The van der Waals surface area contributed by atoms with E-state index in [1.807, 2.05) is 35.7 Å². The third kappa shape index (κ3) is 3.98. The van der Waals surface area contributed by atoms with Gasteiger partial charge >= 0.3 is 0 Å². The second-order valence-corrected chi connectivity index (χ2v) is 6.94. The number of rotatable bonds is 5. The molecule has 0 bridgehead atoms. The summed E-state index contributed by atoms with van der Waals surface area (Å²) < 4.78 is 5.79. The number of nitro benzene ring substituents is 1. The number of nitro groups is 1. The molecular formula is C22H13N3O3S. The fourth-order valence-electron chi connectivity index (χ4n) is 2.76. The molecule has 0 unspecified atom stereocenters. The molecule has 0 atom stereocenters. The van der Waals surface area contributed by atoms with Crippen LogP contribution in [0.15, 0.2) is 76.5 Å². The predicted octanol–water partition coefficient (Wildman–Crippen LogP) is 6.04. The molecule has 2 heterocycles. The monoisotopic (exact) mass is 399 g/mol. The Bertz CT molecular complexity index is 1230. The molecule has 2 aromatic heterocycles. The van der Waals surface area contributed by atoms with Crippen molar-refractivity contribution >= 4 is 28.7 Å². The average Bonchev–Trinajstić information content (AvgIpc) is 3.43. The molecule has 0 aliphatic rings. The molecule has 0 amide bonds. The number of hydrogen-bond donors (Lipinski definition) is 0. The lowest BCUT2D eigenvalue weighted by Gasteiger charge is -1.97. The highest BCUT2D eigenvalue weighted by Gasteiger charge is 2.11. The summed E-state index contributed by atoms with van der Waals surface area (Å²) in [5.74, 6) is 1.07. The van der Waals surface area contributed by atoms with Gasteiger partial charge in [-0.05, 0) is 24.3 Å². The third-order valence-electron chi connectivity index (χ3n) is 4.20. The van der Waals surface area contributed by atoms with Crippen LogP contribution < -0.4 is 0 Å². The molecule has 2 aromatic carbocycles. The first-order chi connectivity index (χ1) is 14.1. The van der Waals surface area contributed by atoms with E-state index in [1.54, 1.807) is 30.3 Å². The van der Waals surface area contributed by atoms with Crippen LogP contribution in [0.2, 0.25) is 0 Å². The number of nitriles is 1.